The Bertz CT molecular complexity index is 918. The van der Waals surface area contributed by atoms with Crippen LogP contribution in [0.4, 0.5) is 10.1 Å². The molecule has 4 rings (SSSR count). The van der Waals surface area contributed by atoms with Gasteiger partial charge in [0.05, 0.1) is 5.75 Å². The Hall–Kier alpha value is -2.38. The van der Waals surface area contributed by atoms with Gasteiger partial charge in [-0.2, -0.15) is 0 Å². The number of thioether (sulfide) groups is 1. The normalized spacial score (nSPS) is 22.2. The van der Waals surface area contributed by atoms with Crippen LogP contribution in [-0.4, -0.2) is 41.6 Å². The molecule has 2 saturated heterocycles. The molecule has 0 saturated carbocycles. The largest absolute Gasteiger partial charge is 0.337 e. The Morgan fingerprint density at radius 1 is 1.21 bits per heavy atom. The van der Waals surface area contributed by atoms with Crippen molar-refractivity contribution >= 4 is 29.3 Å². The summed E-state index contributed by atoms with van der Waals surface area (Å²) in [5.74, 6) is 0.0468. The molecule has 2 atom stereocenters. The van der Waals surface area contributed by atoms with Crippen molar-refractivity contribution in [1.82, 2.24) is 4.90 Å². The van der Waals surface area contributed by atoms with Gasteiger partial charge in [-0.1, -0.05) is 12.1 Å². The summed E-state index contributed by atoms with van der Waals surface area (Å²) >= 11 is 1.52. The average molecular weight is 399 g/mol. The summed E-state index contributed by atoms with van der Waals surface area (Å²) in [6.07, 6.45) is 0.821. The molecule has 2 aliphatic rings. The minimum Gasteiger partial charge on any atom is -0.337 e. The molecular weight excluding hydrogens is 377 g/mol. The molecule has 0 radical (unpaired) electrons. The molecule has 146 valence electrons. The first-order chi connectivity index (χ1) is 13.4. The molecule has 5 nitrogen and oxygen atoms in total. The van der Waals surface area contributed by atoms with E-state index in [-0.39, 0.29) is 29.0 Å². The second-order valence-corrected chi connectivity index (χ2v) is 8.35. The predicted molar refractivity (Wildman–Crippen MR) is 109 cm³/mol. The van der Waals surface area contributed by atoms with Crippen LogP contribution in [0.1, 0.15) is 33.3 Å². The summed E-state index contributed by atoms with van der Waals surface area (Å²) in [7, 11) is 0. The number of anilines is 1. The van der Waals surface area contributed by atoms with Gasteiger partial charge >= 0.3 is 0 Å². The molecule has 2 aromatic rings. The van der Waals surface area contributed by atoms with Crippen molar-refractivity contribution in [2.45, 2.75) is 24.8 Å². The summed E-state index contributed by atoms with van der Waals surface area (Å²) in [6.45, 7) is 3.15. The van der Waals surface area contributed by atoms with Crippen LogP contribution in [0.3, 0.4) is 0 Å². The van der Waals surface area contributed by atoms with E-state index in [2.05, 4.69) is 0 Å². The highest BCUT2D eigenvalue weighted by Gasteiger charge is 2.35. The average Bonchev–Trinajstić information content (AvgIpc) is 3.28. The lowest BCUT2D eigenvalue weighted by atomic mass is 10.1. The fourth-order valence-electron chi connectivity index (χ4n) is 3.77. The second-order valence-electron chi connectivity index (χ2n) is 7.28. The maximum atomic E-state index is 13.3. The number of hydrogen-bond donors (Lipinski definition) is 1. The molecule has 2 heterocycles. The van der Waals surface area contributed by atoms with Crippen LogP contribution in [0.25, 0.3) is 0 Å². The van der Waals surface area contributed by atoms with Crippen LogP contribution < -0.4 is 10.6 Å². The fraction of sp³-hybridized carbons (Fsp3) is 0.333. The summed E-state index contributed by atoms with van der Waals surface area (Å²) in [6, 6.07) is 11.7. The van der Waals surface area contributed by atoms with Crippen molar-refractivity contribution in [2.24, 2.45) is 5.73 Å². The zero-order chi connectivity index (χ0) is 19.8. The SMILES string of the molecule is Cc1cc(C(=O)N2CCC(N)C2)ccc1N1C(=O)CSC1c1ccc(F)cc1. The highest BCUT2D eigenvalue weighted by Crippen LogP contribution is 2.42. The zero-order valence-electron chi connectivity index (χ0n) is 15.6. The molecular formula is C21H22FN3O2S. The van der Waals surface area contributed by atoms with E-state index < -0.39 is 0 Å². The predicted octanol–water partition coefficient (Wildman–Crippen LogP) is 3.09. The van der Waals surface area contributed by atoms with Crippen molar-refractivity contribution in [3.05, 3.63) is 65.0 Å². The maximum absolute atomic E-state index is 13.3. The van der Waals surface area contributed by atoms with Gasteiger partial charge in [0.15, 0.2) is 0 Å². The Morgan fingerprint density at radius 2 is 1.96 bits per heavy atom. The molecule has 28 heavy (non-hydrogen) atoms. The van der Waals surface area contributed by atoms with Crippen molar-refractivity contribution in [2.75, 3.05) is 23.7 Å². The quantitative estimate of drug-likeness (QED) is 0.861. The first kappa shape index (κ1) is 19.0. The molecule has 0 spiro atoms. The number of likely N-dealkylation sites (tertiary alicyclic amines) is 1. The van der Waals surface area contributed by atoms with Gasteiger partial charge in [0.2, 0.25) is 5.91 Å². The van der Waals surface area contributed by atoms with E-state index in [0.717, 1.165) is 23.2 Å². The highest BCUT2D eigenvalue weighted by molar-refractivity contribution is 8.00. The number of nitrogens with two attached hydrogens (primary N) is 1. The number of hydrogen-bond acceptors (Lipinski definition) is 4. The minimum atomic E-state index is -0.301. The molecule has 2 unspecified atom stereocenters. The van der Waals surface area contributed by atoms with E-state index in [9.17, 15) is 14.0 Å². The van der Waals surface area contributed by atoms with Gasteiger partial charge in [0.1, 0.15) is 11.2 Å². The van der Waals surface area contributed by atoms with Gasteiger partial charge in [-0.15, -0.1) is 11.8 Å². The van der Waals surface area contributed by atoms with Crippen LogP contribution in [0.15, 0.2) is 42.5 Å². The van der Waals surface area contributed by atoms with Crippen LogP contribution in [-0.2, 0) is 4.79 Å². The second kappa shape index (κ2) is 7.56. The maximum Gasteiger partial charge on any atom is 0.253 e. The van der Waals surface area contributed by atoms with E-state index in [1.807, 2.05) is 19.1 Å². The standard InChI is InChI=1S/C21H22FN3O2S/c1-13-10-15(20(27)24-9-8-17(23)11-24)4-7-18(13)25-19(26)12-28-21(25)14-2-5-16(22)6-3-14/h2-7,10,17,21H,8-9,11-12,23H2,1H3. The Morgan fingerprint density at radius 3 is 2.61 bits per heavy atom. The summed E-state index contributed by atoms with van der Waals surface area (Å²) in [5, 5.41) is -0.204. The van der Waals surface area contributed by atoms with Crippen molar-refractivity contribution in [3.8, 4) is 0 Å². The van der Waals surface area contributed by atoms with E-state index in [1.54, 1.807) is 28.0 Å². The van der Waals surface area contributed by atoms with Crippen molar-refractivity contribution in [1.29, 1.82) is 0 Å². The number of rotatable bonds is 3. The third-order valence-electron chi connectivity index (χ3n) is 5.24. The lowest BCUT2D eigenvalue weighted by Crippen LogP contribution is -2.32. The third kappa shape index (κ3) is 3.52. The van der Waals surface area contributed by atoms with Gasteiger partial charge in [0, 0.05) is 30.4 Å². The van der Waals surface area contributed by atoms with Gasteiger partial charge < -0.3 is 10.6 Å². The molecule has 2 aliphatic heterocycles. The number of carbonyl (C=O) groups is 2. The smallest absolute Gasteiger partial charge is 0.253 e. The first-order valence-corrected chi connectivity index (χ1v) is 10.3. The van der Waals surface area contributed by atoms with E-state index in [4.69, 9.17) is 5.73 Å². The lowest BCUT2D eigenvalue weighted by molar-refractivity contribution is -0.115. The minimum absolute atomic E-state index is 0.00650. The van der Waals surface area contributed by atoms with Gasteiger partial charge in [0.25, 0.3) is 5.91 Å². The number of carbonyl (C=O) groups excluding carboxylic acids is 2. The Kier molecular flexibility index (Phi) is 5.12. The Balaban J connectivity index is 1.61. The zero-order valence-corrected chi connectivity index (χ0v) is 16.4. The van der Waals surface area contributed by atoms with Crippen LogP contribution in [0.2, 0.25) is 0 Å². The van der Waals surface area contributed by atoms with E-state index in [0.29, 0.717) is 24.4 Å². The number of aryl methyl sites for hydroxylation is 1. The summed E-state index contributed by atoms with van der Waals surface area (Å²) in [5.41, 5.74) is 9.03. The van der Waals surface area contributed by atoms with E-state index in [1.165, 1.54) is 23.9 Å². The highest BCUT2D eigenvalue weighted by atomic mass is 32.2. The molecule has 0 aliphatic carbocycles. The third-order valence-corrected chi connectivity index (χ3v) is 6.45. The summed E-state index contributed by atoms with van der Waals surface area (Å²) < 4.78 is 13.3. The number of halogens is 1. The number of amides is 2. The topological polar surface area (TPSA) is 66.6 Å². The summed E-state index contributed by atoms with van der Waals surface area (Å²) in [4.78, 5) is 28.8. The lowest BCUT2D eigenvalue weighted by Gasteiger charge is -2.26. The van der Waals surface area contributed by atoms with Gasteiger partial charge in [-0.05, 0) is 54.8 Å². The molecule has 7 heteroatoms. The molecule has 0 bridgehead atoms. The molecule has 2 fully saturated rings. The fourth-order valence-corrected chi connectivity index (χ4v) is 4.94. The molecule has 2 N–H and O–H groups in total. The van der Waals surface area contributed by atoms with Crippen LogP contribution >= 0.6 is 11.8 Å². The molecule has 2 aromatic carbocycles. The number of benzene rings is 2. The Labute approximate surface area is 167 Å². The molecule has 2 amide bonds. The van der Waals surface area contributed by atoms with Crippen LogP contribution in [0, 0.1) is 12.7 Å². The van der Waals surface area contributed by atoms with Gasteiger partial charge in [-0.25, -0.2) is 4.39 Å². The van der Waals surface area contributed by atoms with Crippen molar-refractivity contribution in [3.63, 3.8) is 0 Å². The van der Waals surface area contributed by atoms with Crippen molar-refractivity contribution < 1.29 is 14.0 Å². The molecule has 0 aromatic heterocycles. The van der Waals surface area contributed by atoms with E-state index >= 15 is 0 Å². The monoisotopic (exact) mass is 399 g/mol. The number of nitrogens with zero attached hydrogens (tertiary/aromatic N) is 2. The van der Waals surface area contributed by atoms with Gasteiger partial charge in [-0.3, -0.25) is 14.5 Å². The van der Waals surface area contributed by atoms with Crippen LogP contribution in [0.5, 0.6) is 0 Å². The first-order valence-electron chi connectivity index (χ1n) is 9.28.